The van der Waals surface area contributed by atoms with Crippen LogP contribution in [0.15, 0.2) is 45.7 Å². The van der Waals surface area contributed by atoms with Crippen molar-refractivity contribution < 1.29 is 27.5 Å². The molecule has 0 spiro atoms. The minimum Gasteiger partial charge on any atom is -0.478 e. The number of pyridine rings is 1. The Morgan fingerprint density at radius 2 is 1.56 bits per heavy atom. The van der Waals surface area contributed by atoms with Gasteiger partial charge in [0.15, 0.2) is 5.58 Å². The van der Waals surface area contributed by atoms with Gasteiger partial charge in [0, 0.05) is 29.5 Å². The average Bonchev–Trinajstić information content (AvgIpc) is 2.86. The van der Waals surface area contributed by atoms with E-state index in [1.807, 2.05) is 0 Å². The highest BCUT2D eigenvalue weighted by Gasteiger charge is 2.14. The molecule has 0 aliphatic carbocycles. The first kappa shape index (κ1) is 27.3. The fourth-order valence-electron chi connectivity index (χ4n) is 3.89. The standard InChI is InChI=1S/C28H33F2NO5/c1-2-27(32)35-15-11-9-7-5-3-4-6-8-10-14-34-26-17-20-16-23(28(33)36-25(20)19-31-26)22-13-12-21(29)18-24(22)30/h12-13,16-19H,2-11,14-15H2,1H3. The van der Waals surface area contributed by atoms with Crippen molar-refractivity contribution in [2.45, 2.75) is 71.1 Å². The molecule has 0 N–H and O–H groups in total. The average molecular weight is 502 g/mol. The molecule has 8 heteroatoms. The van der Waals surface area contributed by atoms with Crippen LogP contribution in [0, 0.1) is 11.6 Å². The number of hydrogen-bond acceptors (Lipinski definition) is 6. The Kier molecular flexibility index (Phi) is 10.9. The number of unbranched alkanes of at least 4 members (excludes halogenated alkanes) is 8. The molecule has 0 aliphatic rings. The second-order valence-corrected chi connectivity index (χ2v) is 8.74. The molecule has 36 heavy (non-hydrogen) atoms. The van der Waals surface area contributed by atoms with Crippen LogP contribution in [0.2, 0.25) is 0 Å². The number of benzene rings is 1. The molecule has 2 heterocycles. The number of aromatic nitrogens is 1. The number of carbonyl (C=O) groups is 1. The monoisotopic (exact) mass is 501 g/mol. The van der Waals surface area contributed by atoms with Crippen LogP contribution in [0.4, 0.5) is 8.78 Å². The zero-order chi connectivity index (χ0) is 25.8. The van der Waals surface area contributed by atoms with E-state index in [0.29, 0.717) is 30.9 Å². The van der Waals surface area contributed by atoms with Crippen LogP contribution >= 0.6 is 0 Å². The van der Waals surface area contributed by atoms with E-state index in [2.05, 4.69) is 4.98 Å². The van der Waals surface area contributed by atoms with Gasteiger partial charge in [0.1, 0.15) is 11.6 Å². The molecule has 194 valence electrons. The summed E-state index contributed by atoms with van der Waals surface area (Å²) in [6, 6.07) is 6.19. The van der Waals surface area contributed by atoms with Crippen LogP contribution in [0.5, 0.6) is 5.88 Å². The Morgan fingerprint density at radius 1 is 0.889 bits per heavy atom. The van der Waals surface area contributed by atoms with Gasteiger partial charge in [-0.2, -0.15) is 0 Å². The Labute approximate surface area is 209 Å². The van der Waals surface area contributed by atoms with Crippen molar-refractivity contribution in [2.75, 3.05) is 13.2 Å². The van der Waals surface area contributed by atoms with Gasteiger partial charge in [0.25, 0.3) is 0 Å². The Bertz CT molecular complexity index is 1190. The van der Waals surface area contributed by atoms with Gasteiger partial charge in [0.2, 0.25) is 5.88 Å². The van der Waals surface area contributed by atoms with Gasteiger partial charge in [0.05, 0.1) is 25.0 Å². The first-order valence-corrected chi connectivity index (χ1v) is 12.7. The molecule has 0 aliphatic heterocycles. The molecule has 1 aromatic carbocycles. The predicted molar refractivity (Wildman–Crippen MR) is 134 cm³/mol. The number of ether oxygens (including phenoxy) is 2. The second kappa shape index (κ2) is 14.3. The van der Waals surface area contributed by atoms with Gasteiger partial charge < -0.3 is 13.9 Å². The van der Waals surface area contributed by atoms with Crippen molar-refractivity contribution in [1.29, 1.82) is 0 Å². The summed E-state index contributed by atoms with van der Waals surface area (Å²) in [5.41, 5.74) is -0.470. The summed E-state index contributed by atoms with van der Waals surface area (Å²) in [4.78, 5) is 27.5. The molecular weight excluding hydrogens is 468 g/mol. The molecule has 6 nitrogen and oxygen atoms in total. The summed E-state index contributed by atoms with van der Waals surface area (Å²) < 4.78 is 43.5. The molecule has 0 unspecified atom stereocenters. The molecule has 3 rings (SSSR count). The number of halogens is 2. The van der Waals surface area contributed by atoms with Crippen LogP contribution in [0.3, 0.4) is 0 Å². The summed E-state index contributed by atoms with van der Waals surface area (Å²) in [6.07, 6.45) is 11.7. The minimum atomic E-state index is -0.832. The number of carbonyl (C=O) groups excluding carboxylic acids is 1. The molecule has 0 atom stereocenters. The lowest BCUT2D eigenvalue weighted by Crippen LogP contribution is -2.05. The molecule has 0 saturated carbocycles. The van der Waals surface area contributed by atoms with Crippen molar-refractivity contribution >= 4 is 16.9 Å². The third-order valence-electron chi connectivity index (χ3n) is 5.91. The van der Waals surface area contributed by atoms with E-state index in [1.54, 1.807) is 13.0 Å². The first-order chi connectivity index (χ1) is 17.5. The van der Waals surface area contributed by atoms with Crippen LogP contribution in [0.1, 0.15) is 71.1 Å². The maximum Gasteiger partial charge on any atom is 0.344 e. The van der Waals surface area contributed by atoms with Crippen molar-refractivity contribution in [1.82, 2.24) is 4.98 Å². The molecule has 3 aromatic rings. The normalized spacial score (nSPS) is 11.1. The summed E-state index contributed by atoms with van der Waals surface area (Å²) in [7, 11) is 0. The van der Waals surface area contributed by atoms with Gasteiger partial charge in [-0.3, -0.25) is 4.79 Å². The Balaban J connectivity index is 1.36. The molecule has 2 aromatic heterocycles. The van der Waals surface area contributed by atoms with E-state index in [0.717, 1.165) is 50.7 Å². The van der Waals surface area contributed by atoms with Gasteiger partial charge in [-0.15, -0.1) is 0 Å². The number of fused-ring (bicyclic) bond motifs is 1. The van der Waals surface area contributed by atoms with Crippen molar-refractivity contribution in [2.24, 2.45) is 0 Å². The second-order valence-electron chi connectivity index (χ2n) is 8.74. The van der Waals surface area contributed by atoms with E-state index >= 15 is 0 Å². The van der Waals surface area contributed by atoms with Gasteiger partial charge in [-0.1, -0.05) is 51.9 Å². The fourth-order valence-corrected chi connectivity index (χ4v) is 3.89. The van der Waals surface area contributed by atoms with Gasteiger partial charge in [-0.25, -0.2) is 18.6 Å². The van der Waals surface area contributed by atoms with Crippen LogP contribution < -0.4 is 10.4 Å². The molecule has 0 saturated heterocycles. The third kappa shape index (κ3) is 8.43. The summed E-state index contributed by atoms with van der Waals surface area (Å²) in [5.74, 6) is -1.28. The number of nitrogens with zero attached hydrogens (tertiary/aromatic N) is 1. The van der Waals surface area contributed by atoms with Crippen LogP contribution in [0.25, 0.3) is 22.1 Å². The summed E-state index contributed by atoms with van der Waals surface area (Å²) in [5, 5.41) is 0.543. The third-order valence-corrected chi connectivity index (χ3v) is 5.91. The van der Waals surface area contributed by atoms with E-state index < -0.39 is 17.3 Å². The van der Waals surface area contributed by atoms with Gasteiger partial charge >= 0.3 is 11.6 Å². The molecule has 0 fully saturated rings. The predicted octanol–water partition coefficient (Wildman–Crippen LogP) is 6.98. The van der Waals surface area contributed by atoms with Crippen molar-refractivity contribution in [3.63, 3.8) is 0 Å². The Morgan fingerprint density at radius 3 is 2.22 bits per heavy atom. The largest absolute Gasteiger partial charge is 0.478 e. The van der Waals surface area contributed by atoms with Gasteiger partial charge in [-0.05, 0) is 31.0 Å². The molecule has 0 bridgehead atoms. The molecular formula is C28H33F2NO5. The summed E-state index contributed by atoms with van der Waals surface area (Å²) >= 11 is 0. The lowest BCUT2D eigenvalue weighted by Gasteiger charge is -2.07. The van der Waals surface area contributed by atoms with Crippen LogP contribution in [-0.4, -0.2) is 24.2 Å². The quantitative estimate of drug-likeness (QED) is 0.165. The van der Waals surface area contributed by atoms with E-state index in [9.17, 15) is 18.4 Å². The smallest absolute Gasteiger partial charge is 0.344 e. The lowest BCUT2D eigenvalue weighted by atomic mass is 10.1. The molecule has 0 amide bonds. The minimum absolute atomic E-state index is 0.0112. The number of esters is 1. The number of hydrogen-bond donors (Lipinski definition) is 0. The highest BCUT2D eigenvalue weighted by molar-refractivity contribution is 5.81. The first-order valence-electron chi connectivity index (χ1n) is 12.7. The van der Waals surface area contributed by atoms with Crippen LogP contribution in [-0.2, 0) is 9.53 Å². The van der Waals surface area contributed by atoms with E-state index in [4.69, 9.17) is 13.9 Å². The van der Waals surface area contributed by atoms with E-state index in [1.165, 1.54) is 37.6 Å². The highest BCUT2D eigenvalue weighted by atomic mass is 19.1. The summed E-state index contributed by atoms with van der Waals surface area (Å²) in [6.45, 7) is 2.85. The SMILES string of the molecule is CCC(=O)OCCCCCCCCCCCOc1cc2cc(-c3ccc(F)cc3F)c(=O)oc2cn1. The maximum absolute atomic E-state index is 14.2. The zero-order valence-corrected chi connectivity index (χ0v) is 20.7. The Hall–Kier alpha value is -3.29. The highest BCUT2D eigenvalue weighted by Crippen LogP contribution is 2.25. The zero-order valence-electron chi connectivity index (χ0n) is 20.7. The van der Waals surface area contributed by atoms with Crippen molar-refractivity contribution in [3.8, 4) is 17.0 Å². The molecule has 0 radical (unpaired) electrons. The van der Waals surface area contributed by atoms with Crippen molar-refractivity contribution in [3.05, 3.63) is 58.6 Å². The maximum atomic E-state index is 14.2. The topological polar surface area (TPSA) is 78.6 Å². The number of rotatable bonds is 15. The lowest BCUT2D eigenvalue weighted by molar-refractivity contribution is -0.143. The van der Waals surface area contributed by atoms with E-state index in [-0.39, 0.29) is 22.7 Å². The fraction of sp³-hybridized carbons (Fsp3) is 0.464.